The molecule has 4 nitrogen and oxygen atoms in total. The highest BCUT2D eigenvalue weighted by Gasteiger charge is 2.14. The minimum absolute atomic E-state index is 0.0136. The second-order valence-corrected chi connectivity index (χ2v) is 5.40. The van der Waals surface area contributed by atoms with Crippen LogP contribution in [0, 0.1) is 18.6 Å². The lowest BCUT2D eigenvalue weighted by Gasteiger charge is -2.04. The summed E-state index contributed by atoms with van der Waals surface area (Å²) in [6.07, 6.45) is -0.0136. The van der Waals surface area contributed by atoms with E-state index in [4.69, 9.17) is 4.52 Å². The molecule has 1 N–H and O–H groups in total. The summed E-state index contributed by atoms with van der Waals surface area (Å²) < 4.78 is 31.7. The number of nitrogens with zero attached hydrogens (tertiary/aromatic N) is 1. The average molecular weight is 328 g/mol. The Morgan fingerprint density at radius 3 is 2.75 bits per heavy atom. The fourth-order valence-electron chi connectivity index (χ4n) is 2.30. The van der Waals surface area contributed by atoms with Gasteiger partial charge in [0.1, 0.15) is 11.6 Å². The number of nitrogens with one attached hydrogen (secondary N) is 1. The molecule has 0 saturated heterocycles. The molecule has 3 aromatic rings. The number of amides is 1. The summed E-state index contributed by atoms with van der Waals surface area (Å²) in [7, 11) is 0. The Labute approximate surface area is 137 Å². The number of carbonyl (C=O) groups is 1. The molecule has 0 aliphatic carbocycles. The van der Waals surface area contributed by atoms with Crippen LogP contribution in [0.5, 0.6) is 0 Å². The Balaban J connectivity index is 1.70. The van der Waals surface area contributed by atoms with Gasteiger partial charge in [-0.05, 0) is 36.8 Å². The smallest absolute Gasteiger partial charge is 0.230 e. The topological polar surface area (TPSA) is 55.1 Å². The fraction of sp³-hybridized carbons (Fsp3) is 0.111. The first-order chi connectivity index (χ1) is 11.5. The summed E-state index contributed by atoms with van der Waals surface area (Å²) in [6, 6.07) is 12.0. The number of benzene rings is 2. The minimum atomic E-state index is -0.748. The van der Waals surface area contributed by atoms with Gasteiger partial charge in [-0.1, -0.05) is 17.3 Å². The fourth-order valence-corrected chi connectivity index (χ4v) is 2.30. The van der Waals surface area contributed by atoms with Crippen LogP contribution in [0.25, 0.3) is 11.3 Å². The van der Waals surface area contributed by atoms with Crippen LogP contribution in [0.1, 0.15) is 11.3 Å². The van der Waals surface area contributed by atoms with Crippen molar-refractivity contribution in [3.63, 3.8) is 0 Å². The van der Waals surface area contributed by atoms with E-state index in [1.54, 1.807) is 6.07 Å². The molecule has 0 aliphatic rings. The van der Waals surface area contributed by atoms with Crippen LogP contribution in [0.15, 0.2) is 53.1 Å². The Morgan fingerprint density at radius 1 is 1.17 bits per heavy atom. The van der Waals surface area contributed by atoms with Gasteiger partial charge in [0.05, 0.1) is 17.7 Å². The lowest BCUT2D eigenvalue weighted by molar-refractivity contribution is -0.115. The zero-order chi connectivity index (χ0) is 17.1. The average Bonchev–Trinajstić information content (AvgIpc) is 2.95. The zero-order valence-corrected chi connectivity index (χ0v) is 12.8. The van der Waals surface area contributed by atoms with Crippen molar-refractivity contribution in [2.24, 2.45) is 0 Å². The first-order valence-corrected chi connectivity index (χ1v) is 7.29. The molecule has 0 saturated carbocycles. The molecular weight excluding hydrogens is 314 g/mol. The van der Waals surface area contributed by atoms with E-state index in [2.05, 4.69) is 10.5 Å². The summed E-state index contributed by atoms with van der Waals surface area (Å²) in [5, 5.41) is 6.51. The molecule has 0 bridgehead atoms. The van der Waals surface area contributed by atoms with E-state index < -0.39 is 11.6 Å². The standard InChI is InChI=1S/C18H14F2N2O2/c1-11-3-2-4-13(7-11)21-18(23)10-14-9-17(24-22-14)15-6-5-12(19)8-16(15)20/h2-9H,10H2,1H3,(H,21,23). The Hall–Kier alpha value is -3.02. The maximum atomic E-state index is 13.7. The van der Waals surface area contributed by atoms with Crippen molar-refractivity contribution in [3.05, 3.63) is 71.4 Å². The number of halogens is 2. The van der Waals surface area contributed by atoms with E-state index in [1.165, 1.54) is 12.1 Å². The van der Waals surface area contributed by atoms with Gasteiger partial charge in [0.25, 0.3) is 0 Å². The highest BCUT2D eigenvalue weighted by atomic mass is 19.1. The maximum absolute atomic E-state index is 13.7. The van der Waals surface area contributed by atoms with E-state index in [9.17, 15) is 13.6 Å². The number of aromatic nitrogens is 1. The quantitative estimate of drug-likeness (QED) is 0.784. The third-order valence-corrected chi connectivity index (χ3v) is 3.40. The Bertz CT molecular complexity index is 890. The number of carbonyl (C=O) groups excluding carboxylic acids is 1. The molecule has 1 amide bonds. The van der Waals surface area contributed by atoms with Gasteiger partial charge in [-0.3, -0.25) is 4.79 Å². The summed E-state index contributed by atoms with van der Waals surface area (Å²) in [5.74, 6) is -1.54. The highest BCUT2D eigenvalue weighted by molar-refractivity contribution is 5.92. The number of aryl methyl sites for hydroxylation is 1. The normalized spacial score (nSPS) is 10.6. The first-order valence-electron chi connectivity index (χ1n) is 7.29. The van der Waals surface area contributed by atoms with Gasteiger partial charge in [-0.15, -0.1) is 0 Å². The van der Waals surface area contributed by atoms with Crippen LogP contribution >= 0.6 is 0 Å². The van der Waals surface area contributed by atoms with Crippen molar-refractivity contribution >= 4 is 11.6 Å². The molecular formula is C18H14F2N2O2. The molecule has 0 fully saturated rings. The van der Waals surface area contributed by atoms with Gasteiger partial charge in [-0.2, -0.15) is 0 Å². The van der Waals surface area contributed by atoms with Crippen molar-refractivity contribution in [3.8, 4) is 11.3 Å². The molecule has 24 heavy (non-hydrogen) atoms. The third kappa shape index (κ3) is 3.65. The van der Waals surface area contributed by atoms with E-state index >= 15 is 0 Å². The summed E-state index contributed by atoms with van der Waals surface area (Å²) in [4.78, 5) is 12.0. The van der Waals surface area contributed by atoms with Crippen LogP contribution in [-0.4, -0.2) is 11.1 Å². The van der Waals surface area contributed by atoms with Crippen molar-refractivity contribution in [1.29, 1.82) is 0 Å². The molecule has 0 spiro atoms. The second kappa shape index (κ2) is 6.62. The SMILES string of the molecule is Cc1cccc(NC(=O)Cc2cc(-c3ccc(F)cc3F)on2)c1. The maximum Gasteiger partial charge on any atom is 0.230 e. The number of anilines is 1. The molecule has 0 atom stereocenters. The molecule has 2 aromatic carbocycles. The van der Waals surface area contributed by atoms with Crippen LogP contribution in [0.3, 0.4) is 0 Å². The van der Waals surface area contributed by atoms with Gasteiger partial charge < -0.3 is 9.84 Å². The number of hydrogen-bond donors (Lipinski definition) is 1. The molecule has 122 valence electrons. The lowest BCUT2D eigenvalue weighted by Crippen LogP contribution is -2.14. The Morgan fingerprint density at radius 2 is 2.00 bits per heavy atom. The Kier molecular flexibility index (Phi) is 4.37. The van der Waals surface area contributed by atoms with Gasteiger partial charge >= 0.3 is 0 Å². The first kappa shape index (κ1) is 15.9. The monoisotopic (exact) mass is 328 g/mol. The van der Waals surface area contributed by atoms with Crippen LogP contribution < -0.4 is 5.32 Å². The summed E-state index contributed by atoms with van der Waals surface area (Å²) >= 11 is 0. The largest absolute Gasteiger partial charge is 0.356 e. The molecule has 0 aliphatic heterocycles. The van der Waals surface area contributed by atoms with E-state index in [0.29, 0.717) is 11.4 Å². The van der Waals surface area contributed by atoms with Crippen molar-refractivity contribution in [2.75, 3.05) is 5.32 Å². The summed E-state index contributed by atoms with van der Waals surface area (Å²) in [5.41, 5.74) is 2.17. The zero-order valence-electron chi connectivity index (χ0n) is 12.8. The molecule has 6 heteroatoms. The van der Waals surface area contributed by atoms with Gasteiger partial charge in [0.15, 0.2) is 5.76 Å². The third-order valence-electron chi connectivity index (χ3n) is 3.40. The number of rotatable bonds is 4. The molecule has 0 unspecified atom stereocenters. The van der Waals surface area contributed by atoms with Crippen LogP contribution in [0.4, 0.5) is 14.5 Å². The molecule has 3 rings (SSSR count). The molecule has 0 radical (unpaired) electrons. The van der Waals surface area contributed by atoms with Gasteiger partial charge in [0, 0.05) is 17.8 Å². The predicted octanol–water partition coefficient (Wildman–Crippen LogP) is 4.11. The van der Waals surface area contributed by atoms with Crippen LogP contribution in [-0.2, 0) is 11.2 Å². The molecule has 1 heterocycles. The van der Waals surface area contributed by atoms with Crippen molar-refractivity contribution in [2.45, 2.75) is 13.3 Å². The predicted molar refractivity (Wildman–Crippen MR) is 85.4 cm³/mol. The number of hydrogen-bond acceptors (Lipinski definition) is 3. The van der Waals surface area contributed by atoms with Gasteiger partial charge in [-0.25, -0.2) is 8.78 Å². The van der Waals surface area contributed by atoms with Gasteiger partial charge in [0.2, 0.25) is 5.91 Å². The lowest BCUT2D eigenvalue weighted by atomic mass is 10.1. The second-order valence-electron chi connectivity index (χ2n) is 5.40. The van der Waals surface area contributed by atoms with Crippen molar-refractivity contribution in [1.82, 2.24) is 5.16 Å². The highest BCUT2D eigenvalue weighted by Crippen LogP contribution is 2.24. The molecule has 1 aromatic heterocycles. The minimum Gasteiger partial charge on any atom is -0.356 e. The van der Waals surface area contributed by atoms with Crippen molar-refractivity contribution < 1.29 is 18.1 Å². The summed E-state index contributed by atoms with van der Waals surface area (Å²) in [6.45, 7) is 1.93. The van der Waals surface area contributed by atoms with E-state index in [0.717, 1.165) is 17.7 Å². The van der Waals surface area contributed by atoms with Crippen LogP contribution in [0.2, 0.25) is 0 Å². The van der Waals surface area contributed by atoms with E-state index in [-0.39, 0.29) is 23.7 Å². The van der Waals surface area contributed by atoms with E-state index in [1.807, 2.05) is 25.1 Å².